The fourth-order valence-electron chi connectivity index (χ4n) is 3.80. The minimum Gasteiger partial charge on any atom is -0.341 e. The Kier molecular flexibility index (Phi) is 7.48. The Hall–Kier alpha value is -2.96. The molecule has 0 spiro atoms. The maximum Gasteiger partial charge on any atom is 0.241 e. The third-order valence-corrected chi connectivity index (χ3v) is 7.31. The summed E-state index contributed by atoms with van der Waals surface area (Å²) in [4.78, 5) is 26.6. The molecule has 1 aliphatic rings. The smallest absolute Gasteiger partial charge is 0.241 e. The van der Waals surface area contributed by atoms with Crippen LogP contribution in [0, 0.1) is 17.2 Å². The van der Waals surface area contributed by atoms with Gasteiger partial charge in [-0.3, -0.25) is 9.59 Å². The van der Waals surface area contributed by atoms with Crippen molar-refractivity contribution < 1.29 is 18.0 Å². The fourth-order valence-corrected chi connectivity index (χ4v) is 5.07. The van der Waals surface area contributed by atoms with Crippen molar-refractivity contribution in [1.29, 1.82) is 5.26 Å². The molecule has 32 heavy (non-hydrogen) atoms. The van der Waals surface area contributed by atoms with Crippen LogP contribution in [-0.2, 0) is 21.4 Å². The van der Waals surface area contributed by atoms with E-state index < -0.39 is 16.1 Å². The zero-order valence-electron chi connectivity index (χ0n) is 18.3. The first-order valence-electron chi connectivity index (χ1n) is 10.7. The first kappa shape index (κ1) is 23.7. The fraction of sp³-hybridized carbons (Fsp3) is 0.435. The van der Waals surface area contributed by atoms with Crippen molar-refractivity contribution in [2.24, 2.45) is 5.92 Å². The van der Waals surface area contributed by atoms with Gasteiger partial charge in [0.05, 0.1) is 4.90 Å². The lowest BCUT2D eigenvalue weighted by Gasteiger charge is -2.33. The molecule has 0 aliphatic carbocycles. The van der Waals surface area contributed by atoms with Gasteiger partial charge in [-0.25, -0.2) is 8.42 Å². The third kappa shape index (κ3) is 5.64. The number of ketones is 1. The Bertz CT molecular complexity index is 1120. The molecule has 1 N–H and O–H groups in total. The van der Waals surface area contributed by atoms with Gasteiger partial charge < -0.3 is 9.47 Å². The maximum atomic E-state index is 13.3. The van der Waals surface area contributed by atoms with E-state index in [4.69, 9.17) is 0 Å². The average Bonchev–Trinajstić information content (AvgIpc) is 3.24. The van der Waals surface area contributed by atoms with Crippen LogP contribution in [0.1, 0.15) is 49.2 Å². The van der Waals surface area contributed by atoms with Gasteiger partial charge in [-0.2, -0.15) is 9.98 Å². The number of piperidine rings is 1. The van der Waals surface area contributed by atoms with Gasteiger partial charge in [0.2, 0.25) is 15.9 Å². The molecular weight excluding hydrogens is 428 g/mol. The van der Waals surface area contributed by atoms with Gasteiger partial charge in [-0.05, 0) is 56.4 Å². The normalized spacial score (nSPS) is 15.8. The van der Waals surface area contributed by atoms with Gasteiger partial charge in [0, 0.05) is 31.4 Å². The second kappa shape index (κ2) is 10.1. The van der Waals surface area contributed by atoms with Crippen molar-refractivity contribution in [1.82, 2.24) is 14.2 Å². The number of sulfonamides is 1. The number of benzene rings is 1. The summed E-state index contributed by atoms with van der Waals surface area (Å²) in [5.74, 6) is 0.0178. The van der Waals surface area contributed by atoms with Crippen LogP contribution in [0.3, 0.4) is 0 Å². The monoisotopic (exact) mass is 456 g/mol. The molecule has 0 bridgehead atoms. The number of nitrogens with zero attached hydrogens (tertiary/aromatic N) is 3. The van der Waals surface area contributed by atoms with E-state index in [0.29, 0.717) is 31.2 Å². The number of aryl methyl sites for hydroxylation is 1. The van der Waals surface area contributed by atoms with Gasteiger partial charge in [0.1, 0.15) is 17.8 Å². The molecule has 1 saturated heterocycles. The van der Waals surface area contributed by atoms with E-state index in [1.54, 1.807) is 33.9 Å². The molecule has 170 valence electrons. The van der Waals surface area contributed by atoms with E-state index in [9.17, 15) is 23.3 Å². The molecule has 1 aromatic carbocycles. The topological polar surface area (TPSA) is 112 Å². The molecule has 2 heterocycles. The van der Waals surface area contributed by atoms with Crippen molar-refractivity contribution in [2.45, 2.75) is 50.6 Å². The minimum atomic E-state index is -4.04. The van der Waals surface area contributed by atoms with Gasteiger partial charge in [0.25, 0.3) is 0 Å². The molecule has 2 aromatic rings. The molecule has 0 saturated carbocycles. The summed E-state index contributed by atoms with van der Waals surface area (Å²) in [6.07, 6.45) is 3.68. The number of hydrogen-bond acceptors (Lipinski definition) is 5. The highest BCUT2D eigenvalue weighted by Gasteiger charge is 2.31. The number of hydrogen-bond donors (Lipinski definition) is 1. The number of amides is 1. The summed E-state index contributed by atoms with van der Waals surface area (Å²) in [7, 11) is -4.04. The lowest BCUT2D eigenvalue weighted by molar-refractivity contribution is -0.134. The van der Waals surface area contributed by atoms with E-state index in [1.807, 2.05) is 0 Å². The largest absolute Gasteiger partial charge is 0.341 e. The highest BCUT2D eigenvalue weighted by atomic mass is 32.2. The summed E-state index contributed by atoms with van der Waals surface area (Å²) < 4.78 is 30.4. The Morgan fingerprint density at radius 1 is 1.22 bits per heavy atom. The highest BCUT2D eigenvalue weighted by Crippen LogP contribution is 2.19. The molecule has 9 heteroatoms. The highest BCUT2D eigenvalue weighted by molar-refractivity contribution is 7.89. The summed E-state index contributed by atoms with van der Waals surface area (Å²) in [5.41, 5.74) is 0.729. The minimum absolute atomic E-state index is 0.0612. The predicted octanol–water partition coefficient (Wildman–Crippen LogP) is 2.56. The third-order valence-electron chi connectivity index (χ3n) is 5.84. The zero-order chi connectivity index (χ0) is 23.3. The van der Waals surface area contributed by atoms with E-state index >= 15 is 0 Å². The SMILES string of the molecule is CC(=O)c1cccc(S(=O)(=O)NC(CCn2cccc2C#N)C(=O)N2CCC(C)CC2)c1. The number of likely N-dealkylation sites (tertiary alicyclic amines) is 1. The second-order valence-electron chi connectivity index (χ2n) is 8.25. The zero-order valence-corrected chi connectivity index (χ0v) is 19.1. The van der Waals surface area contributed by atoms with E-state index in [1.165, 1.54) is 25.1 Å². The standard InChI is InChI=1S/C23H28N4O4S/c1-17-8-12-27(13-9-17)23(29)22(10-14-26-11-4-6-20(26)16-24)25-32(30,31)21-7-3-5-19(15-21)18(2)28/h3-7,11,15,17,22,25H,8-10,12-14H2,1-2H3. The van der Waals surface area contributed by atoms with E-state index in [0.717, 1.165) is 12.8 Å². The van der Waals surface area contributed by atoms with Crippen LogP contribution in [0.15, 0.2) is 47.5 Å². The van der Waals surface area contributed by atoms with E-state index in [-0.39, 0.29) is 28.6 Å². The quantitative estimate of drug-likeness (QED) is 0.614. The molecule has 1 atom stereocenters. The number of carbonyl (C=O) groups is 2. The van der Waals surface area contributed by atoms with Crippen molar-refractivity contribution in [3.05, 3.63) is 53.9 Å². The van der Waals surface area contributed by atoms with Crippen LogP contribution >= 0.6 is 0 Å². The lowest BCUT2D eigenvalue weighted by Crippen LogP contribution is -2.50. The van der Waals surface area contributed by atoms with Crippen LogP contribution in [0.4, 0.5) is 0 Å². The summed E-state index contributed by atoms with van der Waals surface area (Å²) in [6, 6.07) is 10.3. The van der Waals surface area contributed by atoms with Crippen molar-refractivity contribution in [3.8, 4) is 6.07 Å². The second-order valence-corrected chi connectivity index (χ2v) is 9.97. The Morgan fingerprint density at radius 3 is 2.59 bits per heavy atom. The maximum absolute atomic E-state index is 13.3. The van der Waals surface area contributed by atoms with Gasteiger partial charge in [-0.1, -0.05) is 19.1 Å². The van der Waals surface area contributed by atoms with E-state index in [2.05, 4.69) is 17.7 Å². The number of nitrogens with one attached hydrogen (secondary N) is 1. The molecule has 0 radical (unpaired) electrons. The van der Waals surface area contributed by atoms with Gasteiger partial charge in [-0.15, -0.1) is 0 Å². The predicted molar refractivity (Wildman–Crippen MR) is 119 cm³/mol. The Morgan fingerprint density at radius 2 is 1.94 bits per heavy atom. The lowest BCUT2D eigenvalue weighted by atomic mass is 9.98. The van der Waals surface area contributed by atoms with Crippen molar-refractivity contribution >= 4 is 21.7 Å². The van der Waals surface area contributed by atoms with Gasteiger partial charge >= 0.3 is 0 Å². The molecule has 1 unspecified atom stereocenters. The van der Waals surface area contributed by atoms with Crippen LogP contribution in [0.2, 0.25) is 0 Å². The first-order valence-corrected chi connectivity index (χ1v) is 12.2. The van der Waals surface area contributed by atoms with Crippen LogP contribution in [0.25, 0.3) is 0 Å². The van der Waals surface area contributed by atoms with Crippen molar-refractivity contribution in [2.75, 3.05) is 13.1 Å². The van der Waals surface area contributed by atoms with Crippen LogP contribution in [0.5, 0.6) is 0 Å². The number of rotatable bonds is 8. The number of nitriles is 1. The summed E-state index contributed by atoms with van der Waals surface area (Å²) in [5, 5.41) is 9.23. The van der Waals surface area contributed by atoms with Crippen LogP contribution < -0.4 is 4.72 Å². The summed E-state index contributed by atoms with van der Waals surface area (Å²) in [6.45, 7) is 4.99. The molecule has 8 nitrogen and oxygen atoms in total. The molecule has 1 aliphatic heterocycles. The average molecular weight is 457 g/mol. The van der Waals surface area contributed by atoms with Crippen LogP contribution in [-0.4, -0.2) is 48.7 Å². The molecular formula is C23H28N4O4S. The molecule has 1 fully saturated rings. The number of carbonyl (C=O) groups excluding carboxylic acids is 2. The molecule has 3 rings (SSSR count). The first-order chi connectivity index (χ1) is 15.2. The Labute approximate surface area is 188 Å². The summed E-state index contributed by atoms with van der Waals surface area (Å²) >= 11 is 0. The number of aromatic nitrogens is 1. The van der Waals surface area contributed by atoms with Crippen molar-refractivity contribution in [3.63, 3.8) is 0 Å². The van der Waals surface area contributed by atoms with Gasteiger partial charge in [0.15, 0.2) is 5.78 Å². The molecule has 1 amide bonds. The number of Topliss-reactive ketones (excluding diaryl/α,β-unsaturated/α-hetero) is 1. The molecule has 1 aromatic heterocycles. The Balaban J connectivity index is 1.84.